The molecule has 0 aliphatic carbocycles. The van der Waals surface area contributed by atoms with E-state index in [2.05, 4.69) is 104 Å². The molecule has 0 bridgehead atoms. The minimum atomic E-state index is 0.780. The highest BCUT2D eigenvalue weighted by Gasteiger charge is 2.15. The lowest BCUT2D eigenvalue weighted by Crippen LogP contribution is -1.84. The lowest BCUT2D eigenvalue weighted by Gasteiger charge is -2.04. The van der Waals surface area contributed by atoms with Crippen LogP contribution in [-0.4, -0.2) is 15.0 Å². The minimum Gasteiger partial charge on any atom is -0.336 e. The van der Waals surface area contributed by atoms with Crippen molar-refractivity contribution < 1.29 is 0 Å². The van der Waals surface area contributed by atoms with Crippen molar-refractivity contribution >= 4 is 45.2 Å². The Balaban J connectivity index is 1.89. The van der Waals surface area contributed by atoms with Crippen LogP contribution >= 0.6 is 45.2 Å². The minimum absolute atomic E-state index is 0.780. The van der Waals surface area contributed by atoms with Crippen LogP contribution < -0.4 is 0 Å². The van der Waals surface area contributed by atoms with Crippen LogP contribution in [0, 0.1) is 7.14 Å². The topological polar surface area (TPSA) is 41.6 Å². The molecule has 4 aromatic rings. The number of benzene rings is 2. The van der Waals surface area contributed by atoms with Gasteiger partial charge in [0.15, 0.2) is 5.82 Å². The Morgan fingerprint density at radius 3 is 1.96 bits per heavy atom. The van der Waals surface area contributed by atoms with Crippen LogP contribution in [0.1, 0.15) is 0 Å². The Hall–Kier alpha value is -1.74. The van der Waals surface area contributed by atoms with Crippen molar-refractivity contribution in [3.8, 4) is 34.0 Å². The van der Waals surface area contributed by atoms with Gasteiger partial charge in [0.1, 0.15) is 5.69 Å². The first-order valence-electron chi connectivity index (χ1n) is 7.74. The maximum absolute atomic E-state index is 4.86. The van der Waals surface area contributed by atoms with Crippen LogP contribution in [-0.2, 0) is 0 Å². The quantitative estimate of drug-likeness (QED) is 0.318. The molecule has 1 N–H and O–H groups in total. The molecule has 0 fully saturated rings. The van der Waals surface area contributed by atoms with Crippen molar-refractivity contribution in [2.45, 2.75) is 0 Å². The summed E-state index contributed by atoms with van der Waals surface area (Å²) in [7, 11) is 0. The summed E-state index contributed by atoms with van der Waals surface area (Å²) in [5.41, 5.74) is 5.00. The van der Waals surface area contributed by atoms with E-state index in [9.17, 15) is 0 Å². The zero-order chi connectivity index (χ0) is 17.2. The second-order valence-electron chi connectivity index (χ2n) is 5.54. The van der Waals surface area contributed by atoms with Gasteiger partial charge in [-0.05, 0) is 81.6 Å². The number of hydrogen-bond donors (Lipinski definition) is 1. The predicted molar refractivity (Wildman–Crippen MR) is 118 cm³/mol. The van der Waals surface area contributed by atoms with Crippen molar-refractivity contribution in [3.05, 3.63) is 80.1 Å². The van der Waals surface area contributed by atoms with Gasteiger partial charge in [-0.3, -0.25) is 4.98 Å². The third kappa shape index (κ3) is 3.62. The molecule has 0 saturated heterocycles. The van der Waals surface area contributed by atoms with Gasteiger partial charge in [0.05, 0.1) is 11.4 Å². The highest BCUT2D eigenvalue weighted by atomic mass is 127. The maximum atomic E-state index is 4.86. The van der Waals surface area contributed by atoms with Crippen LogP contribution in [0.15, 0.2) is 72.9 Å². The van der Waals surface area contributed by atoms with E-state index in [1.165, 1.54) is 7.14 Å². The second-order valence-corrected chi connectivity index (χ2v) is 8.03. The number of pyridine rings is 1. The van der Waals surface area contributed by atoms with Gasteiger partial charge in [0, 0.05) is 24.5 Å². The zero-order valence-electron chi connectivity index (χ0n) is 13.1. The molecule has 0 saturated carbocycles. The van der Waals surface area contributed by atoms with Crippen LogP contribution in [0.2, 0.25) is 0 Å². The van der Waals surface area contributed by atoms with Crippen LogP contribution in [0.5, 0.6) is 0 Å². The molecule has 25 heavy (non-hydrogen) atoms. The number of hydrogen-bond acceptors (Lipinski definition) is 2. The molecule has 0 aliphatic heterocycles. The Bertz CT molecular complexity index is 929. The Labute approximate surface area is 173 Å². The number of nitrogens with one attached hydrogen (secondary N) is 1. The number of halogens is 2. The standard InChI is InChI=1S/C20H13I2N3/c21-15-8-4-13(5-9-15)18-19(14-6-10-16(22)11-7-14)25-20(24-18)17-3-1-2-12-23-17/h1-12H,(H,24,25). The molecule has 0 unspecified atom stereocenters. The molecule has 0 atom stereocenters. The fourth-order valence-corrected chi connectivity index (χ4v) is 3.36. The first-order valence-corrected chi connectivity index (χ1v) is 9.90. The maximum Gasteiger partial charge on any atom is 0.157 e. The van der Waals surface area contributed by atoms with Crippen LogP contribution in [0.4, 0.5) is 0 Å². The highest BCUT2D eigenvalue weighted by molar-refractivity contribution is 14.1. The predicted octanol–water partition coefficient (Wildman–Crippen LogP) is 6.01. The SMILES string of the molecule is Ic1ccc(-c2nc(-c3ccccn3)[nH]c2-c2ccc(I)cc2)cc1. The van der Waals surface area contributed by atoms with E-state index < -0.39 is 0 Å². The Morgan fingerprint density at radius 2 is 1.36 bits per heavy atom. The summed E-state index contributed by atoms with van der Waals surface area (Å²) in [5, 5.41) is 0. The molecule has 2 aromatic carbocycles. The van der Waals surface area contributed by atoms with Crippen molar-refractivity contribution in [3.63, 3.8) is 0 Å². The van der Waals surface area contributed by atoms with E-state index in [0.717, 1.165) is 34.0 Å². The average Bonchev–Trinajstić information content (AvgIpc) is 3.09. The van der Waals surface area contributed by atoms with Gasteiger partial charge < -0.3 is 4.98 Å². The fourth-order valence-electron chi connectivity index (χ4n) is 2.64. The first kappa shape index (κ1) is 16.7. The Kier molecular flexibility index (Phi) is 4.85. The van der Waals surface area contributed by atoms with E-state index in [0.29, 0.717) is 0 Å². The summed E-state index contributed by atoms with van der Waals surface area (Å²) in [4.78, 5) is 12.7. The van der Waals surface area contributed by atoms with Crippen molar-refractivity contribution in [2.24, 2.45) is 0 Å². The molecule has 4 rings (SSSR count). The fraction of sp³-hybridized carbons (Fsp3) is 0. The summed E-state index contributed by atoms with van der Waals surface area (Å²) in [6, 6.07) is 22.7. The van der Waals surface area contributed by atoms with Crippen molar-refractivity contribution in [1.29, 1.82) is 0 Å². The van der Waals surface area contributed by atoms with Gasteiger partial charge in [-0.25, -0.2) is 4.98 Å². The monoisotopic (exact) mass is 549 g/mol. The van der Waals surface area contributed by atoms with Crippen LogP contribution in [0.25, 0.3) is 34.0 Å². The van der Waals surface area contributed by atoms with E-state index >= 15 is 0 Å². The highest BCUT2D eigenvalue weighted by Crippen LogP contribution is 2.33. The van der Waals surface area contributed by atoms with Gasteiger partial charge in [-0.2, -0.15) is 0 Å². The third-order valence-corrected chi connectivity index (χ3v) is 5.30. The summed E-state index contributed by atoms with van der Waals surface area (Å²) in [6.45, 7) is 0. The van der Waals surface area contributed by atoms with Crippen LogP contribution in [0.3, 0.4) is 0 Å². The lowest BCUT2D eigenvalue weighted by molar-refractivity contribution is 1.22. The molecule has 0 amide bonds. The molecule has 5 heteroatoms. The molecule has 2 aromatic heterocycles. The number of aromatic nitrogens is 3. The third-order valence-electron chi connectivity index (χ3n) is 3.86. The van der Waals surface area contributed by atoms with E-state index in [1.807, 2.05) is 18.2 Å². The molecule has 0 aliphatic rings. The zero-order valence-corrected chi connectivity index (χ0v) is 17.4. The van der Waals surface area contributed by atoms with Crippen molar-refractivity contribution in [2.75, 3.05) is 0 Å². The van der Waals surface area contributed by atoms with E-state index in [-0.39, 0.29) is 0 Å². The summed E-state index contributed by atoms with van der Waals surface area (Å²) < 4.78 is 2.42. The van der Waals surface area contributed by atoms with Gasteiger partial charge in [0.25, 0.3) is 0 Å². The normalized spacial score (nSPS) is 10.8. The number of H-pyrrole nitrogens is 1. The summed E-state index contributed by atoms with van der Waals surface area (Å²) >= 11 is 4.63. The molecule has 2 heterocycles. The molecular weight excluding hydrogens is 536 g/mol. The summed E-state index contributed by atoms with van der Waals surface area (Å²) in [5.74, 6) is 0.780. The smallest absolute Gasteiger partial charge is 0.157 e. The summed E-state index contributed by atoms with van der Waals surface area (Å²) in [6.07, 6.45) is 1.78. The molecular formula is C20H13I2N3. The number of rotatable bonds is 3. The Morgan fingerprint density at radius 1 is 0.720 bits per heavy atom. The van der Waals surface area contributed by atoms with E-state index in [1.54, 1.807) is 6.20 Å². The average molecular weight is 549 g/mol. The number of nitrogens with zero attached hydrogens (tertiary/aromatic N) is 2. The van der Waals surface area contributed by atoms with Gasteiger partial charge >= 0.3 is 0 Å². The number of aromatic amines is 1. The largest absolute Gasteiger partial charge is 0.336 e. The molecule has 3 nitrogen and oxygen atoms in total. The lowest BCUT2D eigenvalue weighted by atomic mass is 10.1. The van der Waals surface area contributed by atoms with Crippen molar-refractivity contribution in [1.82, 2.24) is 15.0 Å². The number of imidazole rings is 1. The van der Waals surface area contributed by atoms with Gasteiger partial charge in [-0.1, -0.05) is 30.3 Å². The second kappa shape index (κ2) is 7.25. The molecule has 0 spiro atoms. The van der Waals surface area contributed by atoms with E-state index in [4.69, 9.17) is 4.98 Å². The van der Waals surface area contributed by atoms with Gasteiger partial charge in [0.2, 0.25) is 0 Å². The molecule has 122 valence electrons. The first-order chi connectivity index (χ1) is 12.2. The van der Waals surface area contributed by atoms with Gasteiger partial charge in [-0.15, -0.1) is 0 Å². The molecule has 0 radical (unpaired) electrons.